The number of carbonyl (C=O) groups is 1. The first-order chi connectivity index (χ1) is 11.0. The smallest absolute Gasteiger partial charge is 0.259 e. The summed E-state index contributed by atoms with van der Waals surface area (Å²) in [5.74, 6) is -0.395. The average Bonchev–Trinajstić information content (AvgIpc) is 2.51. The monoisotopic (exact) mass is 395 g/mol. The van der Waals surface area contributed by atoms with Crippen molar-refractivity contribution in [3.05, 3.63) is 57.0 Å². The molecule has 0 saturated carbocycles. The molecule has 3 N–H and O–H groups in total. The van der Waals surface area contributed by atoms with E-state index in [1.165, 1.54) is 6.21 Å². The van der Waals surface area contributed by atoms with Crippen molar-refractivity contribution in [2.24, 2.45) is 5.10 Å². The summed E-state index contributed by atoms with van der Waals surface area (Å²) in [6.45, 7) is 2.08. The van der Waals surface area contributed by atoms with Gasteiger partial charge in [0.2, 0.25) is 0 Å². The number of aryl methyl sites for hydroxylation is 1. The SMILES string of the molecule is Cc1ccc(NCC(=O)N/N=C/c2cc(Br)cc(Cl)c2O)cc1. The molecule has 5 nitrogen and oxygen atoms in total. The Balaban J connectivity index is 1.88. The summed E-state index contributed by atoms with van der Waals surface area (Å²) in [6, 6.07) is 10.9. The van der Waals surface area contributed by atoms with E-state index in [1.54, 1.807) is 12.1 Å². The van der Waals surface area contributed by atoms with Gasteiger partial charge >= 0.3 is 0 Å². The van der Waals surface area contributed by atoms with Crippen LogP contribution in [0.25, 0.3) is 0 Å². The highest BCUT2D eigenvalue weighted by Crippen LogP contribution is 2.30. The second-order valence-electron chi connectivity index (χ2n) is 4.84. The van der Waals surface area contributed by atoms with Gasteiger partial charge in [-0.05, 0) is 31.2 Å². The number of halogens is 2. The molecule has 0 aliphatic heterocycles. The first-order valence-electron chi connectivity index (χ1n) is 6.76. The maximum absolute atomic E-state index is 11.7. The second kappa shape index (κ2) is 7.99. The minimum atomic E-state index is -0.303. The van der Waals surface area contributed by atoms with Crippen LogP contribution in [0.1, 0.15) is 11.1 Å². The minimum absolute atomic E-state index is 0.0889. The summed E-state index contributed by atoms with van der Waals surface area (Å²) in [5.41, 5.74) is 4.78. The molecule has 2 aromatic carbocycles. The zero-order chi connectivity index (χ0) is 16.8. The van der Waals surface area contributed by atoms with Gasteiger partial charge in [-0.2, -0.15) is 5.10 Å². The van der Waals surface area contributed by atoms with E-state index in [1.807, 2.05) is 31.2 Å². The van der Waals surface area contributed by atoms with E-state index in [0.717, 1.165) is 11.3 Å². The lowest BCUT2D eigenvalue weighted by molar-refractivity contribution is -0.119. The van der Waals surface area contributed by atoms with Crippen molar-refractivity contribution >= 4 is 45.3 Å². The number of benzene rings is 2. The number of anilines is 1. The number of rotatable bonds is 5. The molecule has 0 radical (unpaired) electrons. The topological polar surface area (TPSA) is 73.7 Å². The van der Waals surface area contributed by atoms with Crippen LogP contribution in [0, 0.1) is 6.92 Å². The van der Waals surface area contributed by atoms with Crippen LogP contribution in [0.4, 0.5) is 5.69 Å². The normalized spacial score (nSPS) is 10.7. The number of amides is 1. The predicted molar refractivity (Wildman–Crippen MR) is 96.2 cm³/mol. The molecule has 0 heterocycles. The average molecular weight is 397 g/mol. The Morgan fingerprint density at radius 3 is 2.74 bits per heavy atom. The summed E-state index contributed by atoms with van der Waals surface area (Å²) in [7, 11) is 0. The molecule has 23 heavy (non-hydrogen) atoms. The van der Waals surface area contributed by atoms with Crippen LogP contribution in [0.3, 0.4) is 0 Å². The van der Waals surface area contributed by atoms with Crippen LogP contribution in [0.5, 0.6) is 5.75 Å². The number of carbonyl (C=O) groups excluding carboxylic acids is 1. The highest BCUT2D eigenvalue weighted by atomic mass is 79.9. The van der Waals surface area contributed by atoms with Crippen molar-refractivity contribution in [1.29, 1.82) is 0 Å². The number of nitrogens with zero attached hydrogens (tertiary/aromatic N) is 1. The third-order valence-electron chi connectivity index (χ3n) is 2.96. The zero-order valence-corrected chi connectivity index (χ0v) is 14.6. The Hall–Kier alpha value is -2.05. The van der Waals surface area contributed by atoms with E-state index >= 15 is 0 Å². The van der Waals surface area contributed by atoms with Gasteiger partial charge in [0.15, 0.2) is 0 Å². The van der Waals surface area contributed by atoms with Gasteiger partial charge in [0.1, 0.15) is 5.75 Å². The second-order valence-corrected chi connectivity index (χ2v) is 6.16. The largest absolute Gasteiger partial charge is 0.506 e. The minimum Gasteiger partial charge on any atom is -0.506 e. The molecule has 0 aromatic heterocycles. The van der Waals surface area contributed by atoms with Crippen molar-refractivity contribution in [2.45, 2.75) is 6.92 Å². The highest BCUT2D eigenvalue weighted by Gasteiger charge is 2.06. The first kappa shape index (κ1) is 17.3. The van der Waals surface area contributed by atoms with Gasteiger partial charge in [0.25, 0.3) is 5.91 Å². The van der Waals surface area contributed by atoms with E-state index in [-0.39, 0.29) is 23.2 Å². The van der Waals surface area contributed by atoms with Gasteiger partial charge in [0.05, 0.1) is 17.8 Å². The molecule has 0 aliphatic rings. The fraction of sp³-hybridized carbons (Fsp3) is 0.125. The number of hydrogen-bond donors (Lipinski definition) is 3. The molecule has 7 heteroatoms. The number of phenolic OH excluding ortho intramolecular Hbond substituents is 1. The van der Waals surface area contributed by atoms with E-state index in [0.29, 0.717) is 10.0 Å². The molecule has 1 amide bonds. The van der Waals surface area contributed by atoms with Crippen molar-refractivity contribution in [3.8, 4) is 5.75 Å². The summed E-state index contributed by atoms with van der Waals surface area (Å²) in [6.07, 6.45) is 1.33. The van der Waals surface area contributed by atoms with E-state index in [4.69, 9.17) is 11.6 Å². The third-order valence-corrected chi connectivity index (χ3v) is 3.70. The third kappa shape index (κ3) is 5.26. The van der Waals surface area contributed by atoms with Crippen LogP contribution >= 0.6 is 27.5 Å². The number of nitrogens with one attached hydrogen (secondary N) is 2. The van der Waals surface area contributed by atoms with Gasteiger partial charge < -0.3 is 10.4 Å². The Morgan fingerprint density at radius 2 is 2.04 bits per heavy atom. The van der Waals surface area contributed by atoms with Gasteiger partial charge in [-0.25, -0.2) is 5.43 Å². The van der Waals surface area contributed by atoms with Crippen LogP contribution in [0.2, 0.25) is 5.02 Å². The standard InChI is InChI=1S/C16H15BrClN3O2/c1-10-2-4-13(5-3-10)19-9-15(22)21-20-8-11-6-12(17)7-14(18)16(11)23/h2-8,19,23H,9H2,1H3,(H,21,22)/b20-8+. The van der Waals surface area contributed by atoms with Crippen molar-refractivity contribution < 1.29 is 9.90 Å². The number of aromatic hydroxyl groups is 1. The lowest BCUT2D eigenvalue weighted by Crippen LogP contribution is -2.25. The predicted octanol–water partition coefficient (Wildman–Crippen LogP) is 3.68. The van der Waals surface area contributed by atoms with Gasteiger partial charge in [-0.15, -0.1) is 0 Å². The fourth-order valence-corrected chi connectivity index (χ4v) is 2.59. The Bertz CT molecular complexity index is 733. The molecule has 0 spiro atoms. The number of hydrogen-bond acceptors (Lipinski definition) is 4. The fourth-order valence-electron chi connectivity index (χ4n) is 1.75. The van der Waals surface area contributed by atoms with E-state index in [9.17, 15) is 9.90 Å². The van der Waals surface area contributed by atoms with Gasteiger partial charge in [0, 0.05) is 15.7 Å². The van der Waals surface area contributed by atoms with Crippen LogP contribution in [-0.2, 0) is 4.79 Å². The highest BCUT2D eigenvalue weighted by molar-refractivity contribution is 9.10. The number of hydrazone groups is 1. The van der Waals surface area contributed by atoms with Crippen molar-refractivity contribution in [1.82, 2.24) is 5.43 Å². The summed E-state index contributed by atoms with van der Waals surface area (Å²) < 4.78 is 0.703. The molecule has 0 unspecified atom stereocenters. The first-order valence-corrected chi connectivity index (χ1v) is 7.93. The Kier molecular flexibility index (Phi) is 6.01. The summed E-state index contributed by atoms with van der Waals surface area (Å²) >= 11 is 9.12. The molecule has 0 atom stereocenters. The van der Waals surface area contributed by atoms with Crippen LogP contribution in [0.15, 0.2) is 46.0 Å². The molecule has 0 aliphatic carbocycles. The summed E-state index contributed by atoms with van der Waals surface area (Å²) in [5, 5.41) is 16.8. The zero-order valence-electron chi connectivity index (χ0n) is 12.3. The van der Waals surface area contributed by atoms with E-state index < -0.39 is 0 Å². The van der Waals surface area contributed by atoms with Gasteiger partial charge in [-0.1, -0.05) is 45.2 Å². The quantitative estimate of drug-likeness (QED) is 0.533. The maximum Gasteiger partial charge on any atom is 0.259 e. The lowest BCUT2D eigenvalue weighted by Gasteiger charge is -2.06. The number of phenols is 1. The molecule has 120 valence electrons. The molecular formula is C16H15BrClN3O2. The van der Waals surface area contributed by atoms with E-state index in [2.05, 4.69) is 31.8 Å². The molecule has 0 fully saturated rings. The van der Waals surface area contributed by atoms with Gasteiger partial charge in [-0.3, -0.25) is 4.79 Å². The molecule has 2 aromatic rings. The van der Waals surface area contributed by atoms with Crippen molar-refractivity contribution in [2.75, 3.05) is 11.9 Å². The Morgan fingerprint density at radius 1 is 1.35 bits per heavy atom. The molecule has 0 bridgehead atoms. The lowest BCUT2D eigenvalue weighted by atomic mass is 10.2. The van der Waals surface area contributed by atoms with Crippen LogP contribution in [-0.4, -0.2) is 23.8 Å². The molecule has 0 saturated heterocycles. The maximum atomic E-state index is 11.7. The Labute approximate surface area is 147 Å². The van der Waals surface area contributed by atoms with Crippen molar-refractivity contribution in [3.63, 3.8) is 0 Å². The molecular weight excluding hydrogens is 382 g/mol. The molecule has 2 rings (SSSR count). The summed E-state index contributed by atoms with van der Waals surface area (Å²) in [4.78, 5) is 11.7. The van der Waals surface area contributed by atoms with Crippen LogP contribution < -0.4 is 10.7 Å².